The summed E-state index contributed by atoms with van der Waals surface area (Å²) in [5.41, 5.74) is 1.54. The van der Waals surface area contributed by atoms with Crippen molar-refractivity contribution < 1.29 is 18.4 Å². The van der Waals surface area contributed by atoms with Gasteiger partial charge in [-0.1, -0.05) is 36.4 Å². The number of nitrogens with zero attached hydrogens (tertiary/aromatic N) is 1. The summed E-state index contributed by atoms with van der Waals surface area (Å²) in [6, 6.07) is 13.4. The van der Waals surface area contributed by atoms with Crippen LogP contribution in [0.2, 0.25) is 0 Å². The number of amides is 2. The number of hydrogen-bond acceptors (Lipinski definition) is 3. The SMILES string of the molecule is CNC(=O)C1CCN(C(=O)CSC(c2ccccc2)c2ccc(F)c(F)c2)CC1. The number of piperidine rings is 1. The van der Waals surface area contributed by atoms with Crippen LogP contribution in [0.25, 0.3) is 0 Å². The Balaban J connectivity index is 1.67. The molecule has 1 saturated heterocycles. The first-order valence-electron chi connectivity index (χ1n) is 9.60. The second-order valence-corrected chi connectivity index (χ2v) is 8.14. The summed E-state index contributed by atoms with van der Waals surface area (Å²) in [5.74, 6) is -1.59. The molecule has 1 atom stereocenters. The van der Waals surface area contributed by atoms with E-state index in [1.807, 2.05) is 30.3 Å². The monoisotopic (exact) mass is 418 g/mol. The Bertz CT molecular complexity index is 855. The second kappa shape index (κ2) is 9.87. The average Bonchev–Trinajstić information content (AvgIpc) is 2.76. The van der Waals surface area contributed by atoms with Gasteiger partial charge in [0.15, 0.2) is 11.6 Å². The Hall–Kier alpha value is -2.41. The molecule has 3 rings (SSSR count). The number of nitrogens with one attached hydrogen (secondary N) is 1. The van der Waals surface area contributed by atoms with Crippen molar-refractivity contribution in [2.75, 3.05) is 25.9 Å². The van der Waals surface area contributed by atoms with Gasteiger partial charge in [-0.3, -0.25) is 9.59 Å². The van der Waals surface area contributed by atoms with Gasteiger partial charge in [-0.25, -0.2) is 8.78 Å². The summed E-state index contributed by atoms with van der Waals surface area (Å²) in [5, 5.41) is 2.38. The van der Waals surface area contributed by atoms with Crippen molar-refractivity contribution in [1.82, 2.24) is 10.2 Å². The van der Waals surface area contributed by atoms with Gasteiger partial charge in [-0.15, -0.1) is 11.8 Å². The van der Waals surface area contributed by atoms with Crippen LogP contribution in [-0.4, -0.2) is 42.6 Å². The molecule has 1 unspecified atom stereocenters. The fourth-order valence-corrected chi connectivity index (χ4v) is 4.71. The molecule has 7 heteroatoms. The quantitative estimate of drug-likeness (QED) is 0.777. The Kier molecular flexibility index (Phi) is 7.25. The Morgan fingerprint density at radius 1 is 1.07 bits per heavy atom. The normalized spacial score (nSPS) is 15.8. The van der Waals surface area contributed by atoms with E-state index in [4.69, 9.17) is 0 Å². The fourth-order valence-electron chi connectivity index (χ4n) is 3.53. The van der Waals surface area contributed by atoms with Crippen LogP contribution in [-0.2, 0) is 9.59 Å². The van der Waals surface area contributed by atoms with E-state index in [2.05, 4.69) is 5.32 Å². The van der Waals surface area contributed by atoms with Crippen LogP contribution in [0.4, 0.5) is 8.78 Å². The van der Waals surface area contributed by atoms with Crippen molar-refractivity contribution in [3.63, 3.8) is 0 Å². The molecule has 0 radical (unpaired) electrons. The third-order valence-electron chi connectivity index (χ3n) is 5.19. The molecule has 1 fully saturated rings. The third-order valence-corrected chi connectivity index (χ3v) is 6.48. The van der Waals surface area contributed by atoms with Crippen molar-refractivity contribution in [3.8, 4) is 0 Å². The minimum absolute atomic E-state index is 0.00567. The molecule has 0 aromatic heterocycles. The topological polar surface area (TPSA) is 49.4 Å². The first-order valence-corrected chi connectivity index (χ1v) is 10.7. The molecule has 1 aliphatic rings. The highest BCUT2D eigenvalue weighted by atomic mass is 32.2. The van der Waals surface area contributed by atoms with E-state index in [1.54, 1.807) is 18.0 Å². The van der Waals surface area contributed by atoms with Gasteiger partial charge in [0.1, 0.15) is 0 Å². The van der Waals surface area contributed by atoms with E-state index in [9.17, 15) is 18.4 Å². The van der Waals surface area contributed by atoms with Crippen molar-refractivity contribution in [1.29, 1.82) is 0 Å². The zero-order chi connectivity index (χ0) is 20.8. The third kappa shape index (κ3) is 5.35. The maximum Gasteiger partial charge on any atom is 0.232 e. The van der Waals surface area contributed by atoms with Gasteiger partial charge in [0.05, 0.1) is 11.0 Å². The Morgan fingerprint density at radius 3 is 2.38 bits per heavy atom. The van der Waals surface area contributed by atoms with E-state index >= 15 is 0 Å². The summed E-state index contributed by atoms with van der Waals surface area (Å²) >= 11 is 1.40. The molecule has 2 aromatic carbocycles. The molecular weight excluding hydrogens is 394 g/mol. The largest absolute Gasteiger partial charge is 0.359 e. The molecule has 29 heavy (non-hydrogen) atoms. The molecule has 4 nitrogen and oxygen atoms in total. The highest BCUT2D eigenvalue weighted by Crippen LogP contribution is 2.36. The van der Waals surface area contributed by atoms with E-state index in [-0.39, 0.29) is 28.7 Å². The number of carbonyl (C=O) groups is 2. The zero-order valence-corrected chi connectivity index (χ0v) is 17.1. The molecule has 1 heterocycles. The van der Waals surface area contributed by atoms with Crippen LogP contribution in [0.15, 0.2) is 48.5 Å². The molecular formula is C22H24F2N2O2S. The molecule has 1 aliphatic heterocycles. The van der Waals surface area contributed by atoms with E-state index in [0.29, 0.717) is 31.5 Å². The van der Waals surface area contributed by atoms with Crippen molar-refractivity contribution in [3.05, 3.63) is 71.3 Å². The summed E-state index contributed by atoms with van der Waals surface area (Å²) in [6.45, 7) is 1.11. The molecule has 0 spiro atoms. The first kappa shape index (κ1) is 21.3. The van der Waals surface area contributed by atoms with Crippen LogP contribution < -0.4 is 5.32 Å². The van der Waals surface area contributed by atoms with E-state index in [0.717, 1.165) is 11.6 Å². The van der Waals surface area contributed by atoms with Crippen molar-refractivity contribution in [2.24, 2.45) is 5.92 Å². The molecule has 1 N–H and O–H groups in total. The smallest absolute Gasteiger partial charge is 0.232 e. The van der Waals surface area contributed by atoms with Crippen LogP contribution in [0.1, 0.15) is 29.2 Å². The van der Waals surface area contributed by atoms with Gasteiger partial charge >= 0.3 is 0 Å². The van der Waals surface area contributed by atoms with Gasteiger partial charge in [0, 0.05) is 26.1 Å². The van der Waals surface area contributed by atoms with Gasteiger partial charge in [0.25, 0.3) is 0 Å². The number of thioether (sulfide) groups is 1. The maximum absolute atomic E-state index is 13.8. The summed E-state index contributed by atoms with van der Waals surface area (Å²) in [7, 11) is 1.62. The van der Waals surface area contributed by atoms with Gasteiger partial charge < -0.3 is 10.2 Å². The lowest BCUT2D eigenvalue weighted by molar-refractivity contribution is -0.133. The van der Waals surface area contributed by atoms with Crippen molar-refractivity contribution >= 4 is 23.6 Å². The summed E-state index contributed by atoms with van der Waals surface area (Å²) in [4.78, 5) is 26.2. The van der Waals surface area contributed by atoms with E-state index in [1.165, 1.54) is 17.8 Å². The number of hydrogen-bond donors (Lipinski definition) is 1. The lowest BCUT2D eigenvalue weighted by Gasteiger charge is -2.31. The van der Waals surface area contributed by atoms with E-state index < -0.39 is 11.6 Å². The number of carbonyl (C=O) groups excluding carboxylic acids is 2. The predicted octanol–water partition coefficient (Wildman–Crippen LogP) is 3.77. The molecule has 0 bridgehead atoms. The van der Waals surface area contributed by atoms with Crippen LogP contribution >= 0.6 is 11.8 Å². The Labute approximate surface area is 173 Å². The van der Waals surface area contributed by atoms with Gasteiger partial charge in [-0.2, -0.15) is 0 Å². The lowest BCUT2D eigenvalue weighted by atomic mass is 9.96. The van der Waals surface area contributed by atoms with Crippen LogP contribution in [0.3, 0.4) is 0 Å². The Morgan fingerprint density at radius 2 is 1.76 bits per heavy atom. The molecule has 0 saturated carbocycles. The van der Waals surface area contributed by atoms with Gasteiger partial charge in [0.2, 0.25) is 11.8 Å². The number of likely N-dealkylation sites (tertiary alicyclic amines) is 1. The average molecular weight is 419 g/mol. The first-order chi connectivity index (χ1) is 14.0. The molecule has 2 amide bonds. The maximum atomic E-state index is 13.8. The molecule has 154 valence electrons. The fraction of sp³-hybridized carbons (Fsp3) is 0.364. The predicted molar refractivity (Wildman–Crippen MR) is 110 cm³/mol. The van der Waals surface area contributed by atoms with Crippen LogP contribution in [0, 0.1) is 17.6 Å². The number of halogens is 2. The lowest BCUT2D eigenvalue weighted by Crippen LogP contribution is -2.43. The molecule has 2 aromatic rings. The minimum Gasteiger partial charge on any atom is -0.359 e. The second-order valence-electron chi connectivity index (χ2n) is 7.04. The minimum atomic E-state index is -0.897. The summed E-state index contributed by atoms with van der Waals surface area (Å²) in [6.07, 6.45) is 1.31. The highest BCUT2D eigenvalue weighted by Gasteiger charge is 2.27. The molecule has 0 aliphatic carbocycles. The number of rotatable bonds is 6. The number of benzene rings is 2. The van der Waals surface area contributed by atoms with Crippen LogP contribution in [0.5, 0.6) is 0 Å². The zero-order valence-electron chi connectivity index (χ0n) is 16.2. The standard InChI is InChI=1S/C22H24F2N2O2S/c1-25-22(28)16-9-11-26(12-10-16)20(27)14-29-21(15-5-3-2-4-6-15)17-7-8-18(23)19(24)13-17/h2-8,13,16,21H,9-12,14H2,1H3,(H,25,28). The highest BCUT2D eigenvalue weighted by molar-refractivity contribution is 8.00. The summed E-state index contributed by atoms with van der Waals surface area (Å²) < 4.78 is 27.1. The van der Waals surface area contributed by atoms with Crippen molar-refractivity contribution in [2.45, 2.75) is 18.1 Å². The van der Waals surface area contributed by atoms with Gasteiger partial charge in [-0.05, 0) is 36.1 Å².